The predicted octanol–water partition coefficient (Wildman–Crippen LogP) is 3.14. The van der Waals surface area contributed by atoms with E-state index in [2.05, 4.69) is 9.88 Å². The van der Waals surface area contributed by atoms with Crippen LogP contribution in [0.3, 0.4) is 0 Å². The van der Waals surface area contributed by atoms with Gasteiger partial charge in [-0.15, -0.1) is 0 Å². The second-order valence-corrected chi connectivity index (χ2v) is 7.14. The van der Waals surface area contributed by atoms with Gasteiger partial charge in [0.25, 0.3) is 5.56 Å². The van der Waals surface area contributed by atoms with Crippen molar-refractivity contribution >= 4 is 5.95 Å². The van der Waals surface area contributed by atoms with Gasteiger partial charge in [0.2, 0.25) is 5.95 Å². The molecule has 0 N–H and O–H groups in total. The molecule has 4 rings (SSSR count). The van der Waals surface area contributed by atoms with Crippen molar-refractivity contribution in [3.05, 3.63) is 40.7 Å². The maximum atomic E-state index is 14.1. The molecule has 0 spiro atoms. The van der Waals surface area contributed by atoms with E-state index in [1.54, 1.807) is 17.7 Å². The van der Waals surface area contributed by atoms with Crippen LogP contribution in [0.15, 0.2) is 29.3 Å². The third kappa shape index (κ3) is 2.94. The van der Waals surface area contributed by atoms with E-state index >= 15 is 0 Å². The first-order valence-electron chi connectivity index (χ1n) is 9.10. The first-order valence-corrected chi connectivity index (χ1v) is 9.10. The van der Waals surface area contributed by atoms with Gasteiger partial charge in [-0.2, -0.15) is 0 Å². The lowest BCUT2D eigenvalue weighted by Gasteiger charge is -2.45. The van der Waals surface area contributed by atoms with E-state index in [4.69, 9.17) is 4.98 Å². The highest BCUT2D eigenvalue weighted by molar-refractivity contribution is 5.60. The predicted molar refractivity (Wildman–Crippen MR) is 95.0 cm³/mol. The van der Waals surface area contributed by atoms with E-state index in [0.717, 1.165) is 25.6 Å². The largest absolute Gasteiger partial charge is 0.339 e. The Balaban J connectivity index is 1.79. The molecule has 2 aromatic rings. The summed E-state index contributed by atoms with van der Waals surface area (Å²) in [5.74, 6) is 0.888. The van der Waals surface area contributed by atoms with Crippen molar-refractivity contribution in [1.29, 1.82) is 0 Å². The lowest BCUT2D eigenvalue weighted by molar-refractivity contribution is 0.240. The van der Waals surface area contributed by atoms with E-state index in [1.165, 1.54) is 37.9 Å². The van der Waals surface area contributed by atoms with Gasteiger partial charge in [-0.05, 0) is 37.7 Å². The van der Waals surface area contributed by atoms with Gasteiger partial charge < -0.3 is 4.90 Å². The molecule has 2 aromatic heterocycles. The van der Waals surface area contributed by atoms with Crippen molar-refractivity contribution in [3.63, 3.8) is 0 Å². The number of halogens is 1. The van der Waals surface area contributed by atoms with Crippen molar-refractivity contribution < 1.29 is 4.39 Å². The molecule has 132 valence electrons. The molecular weight excluding hydrogens is 319 g/mol. The summed E-state index contributed by atoms with van der Waals surface area (Å²) in [4.78, 5) is 23.3. The van der Waals surface area contributed by atoms with Crippen LogP contribution < -0.4 is 10.5 Å². The van der Waals surface area contributed by atoms with E-state index in [9.17, 15) is 9.18 Å². The van der Waals surface area contributed by atoms with Crippen molar-refractivity contribution in [2.24, 2.45) is 13.0 Å². The van der Waals surface area contributed by atoms with Crippen LogP contribution >= 0.6 is 0 Å². The molecule has 1 aliphatic carbocycles. The highest BCUT2D eigenvalue weighted by atomic mass is 19.1. The Kier molecular flexibility index (Phi) is 4.27. The van der Waals surface area contributed by atoms with Crippen LogP contribution in [-0.2, 0) is 7.05 Å². The Bertz CT molecular complexity index is 832. The van der Waals surface area contributed by atoms with E-state index in [0.29, 0.717) is 29.2 Å². The second kappa shape index (κ2) is 6.58. The molecule has 0 amide bonds. The summed E-state index contributed by atoms with van der Waals surface area (Å²) in [5.41, 5.74) is 0.552. The number of pyridine rings is 1. The smallest absolute Gasteiger partial charge is 0.255 e. The van der Waals surface area contributed by atoms with Gasteiger partial charge in [-0.3, -0.25) is 14.3 Å². The minimum absolute atomic E-state index is 0.158. The van der Waals surface area contributed by atoms with Gasteiger partial charge in [0.15, 0.2) is 5.82 Å². The van der Waals surface area contributed by atoms with Gasteiger partial charge >= 0.3 is 0 Å². The molecule has 2 fully saturated rings. The Labute approximate surface area is 146 Å². The van der Waals surface area contributed by atoms with Crippen molar-refractivity contribution in [3.8, 4) is 11.3 Å². The fourth-order valence-corrected chi connectivity index (χ4v) is 4.38. The van der Waals surface area contributed by atoms with Crippen LogP contribution in [0.1, 0.15) is 38.5 Å². The number of fused-ring (bicyclic) bond motifs is 1. The number of piperidine rings is 1. The minimum atomic E-state index is -0.455. The Morgan fingerprint density at radius 2 is 2.00 bits per heavy atom. The Hall–Kier alpha value is -2.24. The van der Waals surface area contributed by atoms with Gasteiger partial charge in [-0.1, -0.05) is 12.8 Å². The van der Waals surface area contributed by atoms with Gasteiger partial charge in [0.05, 0.1) is 11.9 Å². The molecule has 25 heavy (non-hydrogen) atoms. The van der Waals surface area contributed by atoms with Crippen LogP contribution in [0, 0.1) is 11.7 Å². The topological polar surface area (TPSA) is 51.0 Å². The van der Waals surface area contributed by atoms with Crippen LogP contribution in [0.5, 0.6) is 0 Å². The molecule has 0 bridgehead atoms. The molecule has 0 aromatic carbocycles. The Morgan fingerprint density at radius 3 is 2.84 bits per heavy atom. The number of hydrogen-bond donors (Lipinski definition) is 0. The highest BCUT2D eigenvalue weighted by Gasteiger charge is 2.35. The molecule has 1 aliphatic heterocycles. The van der Waals surface area contributed by atoms with Crippen LogP contribution in [-0.4, -0.2) is 27.1 Å². The molecule has 5 nitrogen and oxygen atoms in total. The number of nitrogens with zero attached hydrogens (tertiary/aromatic N) is 4. The maximum Gasteiger partial charge on any atom is 0.255 e. The van der Waals surface area contributed by atoms with Gasteiger partial charge in [-0.25, -0.2) is 9.37 Å². The third-order valence-corrected chi connectivity index (χ3v) is 5.66. The Morgan fingerprint density at radius 1 is 1.20 bits per heavy atom. The summed E-state index contributed by atoms with van der Waals surface area (Å²) < 4.78 is 15.7. The average molecular weight is 342 g/mol. The van der Waals surface area contributed by atoms with Crippen molar-refractivity contribution in [2.45, 2.75) is 44.6 Å². The zero-order chi connectivity index (χ0) is 17.4. The molecule has 2 aliphatic rings. The van der Waals surface area contributed by atoms with Gasteiger partial charge in [0.1, 0.15) is 0 Å². The van der Waals surface area contributed by atoms with Crippen molar-refractivity contribution in [2.75, 3.05) is 11.4 Å². The molecule has 1 saturated heterocycles. The quantitative estimate of drug-likeness (QED) is 0.841. The highest BCUT2D eigenvalue weighted by Crippen LogP contribution is 2.37. The summed E-state index contributed by atoms with van der Waals surface area (Å²) in [6, 6.07) is 3.42. The zero-order valence-electron chi connectivity index (χ0n) is 14.5. The van der Waals surface area contributed by atoms with Crippen LogP contribution in [0.4, 0.5) is 10.3 Å². The summed E-state index contributed by atoms with van der Waals surface area (Å²) in [5, 5.41) is 0. The standard InChI is InChI=1S/C19H23FN4O/c1-23-18(25)11-16(14-8-9-21-12-15(14)20)22-19(23)24-10-4-6-13-5-2-3-7-17(13)24/h8-9,11-13,17H,2-7,10H2,1H3/t13-,17-/m0/s1. The third-order valence-electron chi connectivity index (χ3n) is 5.66. The summed E-state index contributed by atoms with van der Waals surface area (Å²) in [6.07, 6.45) is 9.98. The lowest BCUT2D eigenvalue weighted by atomic mass is 9.78. The molecule has 6 heteroatoms. The molecule has 0 unspecified atom stereocenters. The molecule has 3 heterocycles. The summed E-state index contributed by atoms with van der Waals surface area (Å²) >= 11 is 0. The lowest BCUT2D eigenvalue weighted by Crippen LogP contribution is -2.49. The van der Waals surface area contributed by atoms with E-state index in [-0.39, 0.29) is 5.56 Å². The summed E-state index contributed by atoms with van der Waals surface area (Å²) in [7, 11) is 1.75. The van der Waals surface area contributed by atoms with Crippen molar-refractivity contribution in [1.82, 2.24) is 14.5 Å². The van der Waals surface area contributed by atoms with Crippen LogP contribution in [0.25, 0.3) is 11.3 Å². The first-order chi connectivity index (χ1) is 12.1. The van der Waals surface area contributed by atoms with Crippen LogP contribution in [0.2, 0.25) is 0 Å². The first kappa shape index (κ1) is 16.2. The zero-order valence-corrected chi connectivity index (χ0v) is 14.5. The van der Waals surface area contributed by atoms with E-state index in [1.807, 2.05) is 0 Å². The average Bonchev–Trinajstić information content (AvgIpc) is 2.64. The molecular formula is C19H23FN4O. The second-order valence-electron chi connectivity index (χ2n) is 7.14. The number of hydrogen-bond acceptors (Lipinski definition) is 4. The number of aromatic nitrogens is 3. The SMILES string of the molecule is Cn1c(N2CCC[C@@H]3CCCC[C@@H]32)nc(-c2ccncc2F)cc1=O. The number of anilines is 1. The van der Waals surface area contributed by atoms with E-state index < -0.39 is 5.82 Å². The van der Waals surface area contributed by atoms with Gasteiger partial charge in [0, 0.05) is 37.5 Å². The molecule has 0 radical (unpaired) electrons. The number of rotatable bonds is 2. The summed E-state index contributed by atoms with van der Waals surface area (Å²) in [6.45, 7) is 0.906. The fraction of sp³-hybridized carbons (Fsp3) is 0.526. The maximum absolute atomic E-state index is 14.1. The fourth-order valence-electron chi connectivity index (χ4n) is 4.38. The molecule has 2 atom stereocenters. The minimum Gasteiger partial charge on any atom is -0.339 e. The normalized spacial score (nSPS) is 23.4. The monoisotopic (exact) mass is 342 g/mol. The molecule has 1 saturated carbocycles.